The van der Waals surface area contributed by atoms with E-state index in [1.165, 1.54) is 18.4 Å². The molecule has 0 radical (unpaired) electrons. The van der Waals surface area contributed by atoms with Gasteiger partial charge in [-0.15, -0.1) is 0 Å². The van der Waals surface area contributed by atoms with Gasteiger partial charge in [-0.2, -0.15) is 0 Å². The molecular weight excluding hydrogens is 329 g/mol. The smallest absolute Gasteiger partial charge is 0.153 e. The minimum Gasteiger partial charge on any atom is -0.496 e. The van der Waals surface area contributed by atoms with Crippen LogP contribution >= 0.6 is 0 Å². The average Bonchev–Trinajstić information content (AvgIpc) is 3.17. The third-order valence-electron chi connectivity index (χ3n) is 5.91. The molecule has 3 nitrogen and oxygen atoms in total. The second-order valence-corrected chi connectivity index (χ2v) is 7.41. The van der Waals surface area contributed by atoms with Crippen molar-refractivity contribution >= 4 is 0 Å². The molecule has 0 bridgehead atoms. The van der Waals surface area contributed by atoms with Gasteiger partial charge in [0, 0.05) is 23.1 Å². The first-order valence-electron chi connectivity index (χ1n) is 9.46. The Morgan fingerprint density at radius 2 is 1.85 bits per heavy atom. The van der Waals surface area contributed by atoms with Crippen molar-refractivity contribution in [2.45, 2.75) is 43.3 Å². The fourth-order valence-electron chi connectivity index (χ4n) is 4.55. The molecule has 0 amide bonds. The number of para-hydroxylation sites is 2. The molecule has 2 aliphatic rings. The van der Waals surface area contributed by atoms with Gasteiger partial charge >= 0.3 is 0 Å². The zero-order chi connectivity index (χ0) is 18.0. The van der Waals surface area contributed by atoms with Crippen LogP contribution in [0.5, 0.6) is 11.5 Å². The zero-order valence-electron chi connectivity index (χ0n) is 15.2. The highest BCUT2D eigenvalue weighted by atomic mass is 19.1. The van der Waals surface area contributed by atoms with E-state index < -0.39 is 6.17 Å². The summed E-state index contributed by atoms with van der Waals surface area (Å²) in [5.41, 5.74) is 2.15. The van der Waals surface area contributed by atoms with Crippen molar-refractivity contribution in [3.8, 4) is 11.5 Å². The summed E-state index contributed by atoms with van der Waals surface area (Å²) in [7, 11) is 1.72. The van der Waals surface area contributed by atoms with Crippen molar-refractivity contribution in [2.75, 3.05) is 20.3 Å². The van der Waals surface area contributed by atoms with Gasteiger partial charge in [0.05, 0.1) is 13.2 Å². The van der Waals surface area contributed by atoms with Crippen LogP contribution in [0.4, 0.5) is 4.39 Å². The van der Waals surface area contributed by atoms with Gasteiger partial charge in [-0.1, -0.05) is 49.2 Å². The molecule has 1 aliphatic heterocycles. The third-order valence-corrected chi connectivity index (χ3v) is 5.91. The lowest BCUT2D eigenvalue weighted by Gasteiger charge is -2.36. The van der Waals surface area contributed by atoms with Crippen LogP contribution in [0.2, 0.25) is 0 Å². The van der Waals surface area contributed by atoms with E-state index in [0.717, 1.165) is 36.4 Å². The first-order valence-corrected chi connectivity index (χ1v) is 9.46. The minimum atomic E-state index is -1.04. The molecule has 2 unspecified atom stereocenters. The second kappa shape index (κ2) is 7.28. The fourth-order valence-corrected chi connectivity index (χ4v) is 4.55. The maximum absolute atomic E-state index is 14.7. The normalized spacial score (nSPS) is 23.9. The van der Waals surface area contributed by atoms with Gasteiger partial charge in [0.1, 0.15) is 18.1 Å². The van der Waals surface area contributed by atoms with E-state index in [1.54, 1.807) is 7.11 Å². The number of rotatable bonds is 5. The number of methoxy groups -OCH3 is 1. The van der Waals surface area contributed by atoms with Crippen LogP contribution in [-0.4, -0.2) is 26.4 Å². The summed E-state index contributed by atoms with van der Waals surface area (Å²) in [5.74, 6) is 1.72. The average molecular weight is 355 g/mol. The molecule has 0 saturated heterocycles. The van der Waals surface area contributed by atoms with Crippen LogP contribution in [0, 0.1) is 0 Å². The molecule has 2 aromatic carbocycles. The number of halogens is 1. The maximum atomic E-state index is 14.7. The fraction of sp³-hybridized carbons (Fsp3) is 0.455. The van der Waals surface area contributed by atoms with E-state index in [0.29, 0.717) is 0 Å². The Kier molecular flexibility index (Phi) is 4.86. The van der Waals surface area contributed by atoms with Gasteiger partial charge in [-0.25, -0.2) is 4.39 Å². The van der Waals surface area contributed by atoms with Gasteiger partial charge in [0.25, 0.3) is 0 Å². The number of benzene rings is 2. The van der Waals surface area contributed by atoms with Crippen molar-refractivity contribution in [1.82, 2.24) is 5.32 Å². The van der Waals surface area contributed by atoms with E-state index >= 15 is 0 Å². The van der Waals surface area contributed by atoms with E-state index in [2.05, 4.69) is 17.4 Å². The molecule has 4 rings (SSSR count). The molecule has 1 fully saturated rings. The lowest BCUT2D eigenvalue weighted by Crippen LogP contribution is -2.43. The van der Waals surface area contributed by atoms with Gasteiger partial charge in [-0.05, 0) is 25.0 Å². The van der Waals surface area contributed by atoms with Crippen molar-refractivity contribution < 1.29 is 13.9 Å². The lowest BCUT2D eigenvalue weighted by molar-refractivity contribution is 0.126. The second-order valence-electron chi connectivity index (χ2n) is 7.41. The molecule has 2 aromatic rings. The number of hydrogen-bond acceptors (Lipinski definition) is 3. The molecule has 1 aliphatic carbocycles. The Morgan fingerprint density at radius 1 is 1.12 bits per heavy atom. The number of ether oxygens (including phenoxy) is 2. The van der Waals surface area contributed by atoms with E-state index in [4.69, 9.17) is 9.47 Å². The molecule has 4 heteroatoms. The minimum absolute atomic E-state index is 0.000425. The summed E-state index contributed by atoms with van der Waals surface area (Å²) in [5, 5.41) is 3.55. The highest BCUT2D eigenvalue weighted by Crippen LogP contribution is 2.45. The highest BCUT2D eigenvalue weighted by molar-refractivity contribution is 5.42. The monoisotopic (exact) mass is 355 g/mol. The summed E-state index contributed by atoms with van der Waals surface area (Å²) >= 11 is 0. The Hall–Kier alpha value is -2.07. The molecule has 1 saturated carbocycles. The van der Waals surface area contributed by atoms with Crippen LogP contribution in [0.3, 0.4) is 0 Å². The predicted octanol–water partition coefficient (Wildman–Crippen LogP) is 4.57. The number of nitrogens with one attached hydrogen (secondary N) is 1. The third kappa shape index (κ3) is 3.07. The van der Waals surface area contributed by atoms with Gasteiger partial charge in [0.15, 0.2) is 6.17 Å². The molecule has 1 heterocycles. The topological polar surface area (TPSA) is 30.5 Å². The van der Waals surface area contributed by atoms with E-state index in [9.17, 15) is 4.39 Å². The van der Waals surface area contributed by atoms with Crippen LogP contribution < -0.4 is 14.8 Å². The van der Waals surface area contributed by atoms with E-state index in [-0.39, 0.29) is 18.1 Å². The summed E-state index contributed by atoms with van der Waals surface area (Å²) < 4.78 is 25.8. The Morgan fingerprint density at radius 3 is 2.65 bits per heavy atom. The van der Waals surface area contributed by atoms with Crippen molar-refractivity contribution in [3.63, 3.8) is 0 Å². The number of hydrogen-bond donors (Lipinski definition) is 1. The van der Waals surface area contributed by atoms with Crippen LogP contribution in [0.15, 0.2) is 48.5 Å². The van der Waals surface area contributed by atoms with Gasteiger partial charge < -0.3 is 14.8 Å². The first kappa shape index (κ1) is 17.3. The summed E-state index contributed by atoms with van der Waals surface area (Å²) in [6.07, 6.45) is 3.55. The molecule has 0 aromatic heterocycles. The molecule has 0 spiro atoms. The number of alkyl halides is 1. The first-order chi connectivity index (χ1) is 12.7. The lowest BCUT2D eigenvalue weighted by atomic mass is 9.77. The van der Waals surface area contributed by atoms with Crippen molar-refractivity contribution in [2.24, 2.45) is 0 Å². The number of fused-ring (bicyclic) bond motifs is 1. The summed E-state index contributed by atoms with van der Waals surface area (Å²) in [6, 6.07) is 15.7. The SMILES string of the molecule is COc1ccccc1C1(CNC2c3ccccc3OCC2F)CCCC1. The molecule has 138 valence electrons. The summed E-state index contributed by atoms with van der Waals surface area (Å²) in [6.45, 7) is 0.850. The Labute approximate surface area is 154 Å². The summed E-state index contributed by atoms with van der Waals surface area (Å²) in [4.78, 5) is 0. The molecule has 2 atom stereocenters. The van der Waals surface area contributed by atoms with Crippen LogP contribution in [0.1, 0.15) is 42.9 Å². The quantitative estimate of drug-likeness (QED) is 0.852. The van der Waals surface area contributed by atoms with Gasteiger partial charge in [0.2, 0.25) is 0 Å². The predicted molar refractivity (Wildman–Crippen MR) is 101 cm³/mol. The molecule has 26 heavy (non-hydrogen) atoms. The Bertz CT molecular complexity index is 757. The largest absolute Gasteiger partial charge is 0.496 e. The molecular formula is C22H26FNO2. The van der Waals surface area contributed by atoms with Crippen molar-refractivity contribution in [1.29, 1.82) is 0 Å². The standard InChI is InChI=1S/C22H26FNO2/c1-25-20-11-5-3-9-17(20)22(12-6-7-13-22)15-24-21-16-8-2-4-10-19(16)26-14-18(21)23/h2-5,8-11,18,21,24H,6-7,12-15H2,1H3. The van der Waals surface area contributed by atoms with Crippen LogP contribution in [0.25, 0.3) is 0 Å². The van der Waals surface area contributed by atoms with Crippen molar-refractivity contribution in [3.05, 3.63) is 59.7 Å². The Balaban J connectivity index is 1.61. The molecule has 1 N–H and O–H groups in total. The van der Waals surface area contributed by atoms with Gasteiger partial charge in [-0.3, -0.25) is 0 Å². The highest BCUT2D eigenvalue weighted by Gasteiger charge is 2.40. The van der Waals surface area contributed by atoms with E-state index in [1.807, 2.05) is 36.4 Å². The zero-order valence-corrected chi connectivity index (χ0v) is 15.2. The van der Waals surface area contributed by atoms with Crippen LogP contribution in [-0.2, 0) is 5.41 Å². The maximum Gasteiger partial charge on any atom is 0.153 e.